The van der Waals surface area contributed by atoms with E-state index in [9.17, 15) is 8.42 Å². The van der Waals surface area contributed by atoms with Gasteiger partial charge in [-0.05, 0) is 24.3 Å². The van der Waals surface area contributed by atoms with Gasteiger partial charge in [-0.25, -0.2) is 8.42 Å². The summed E-state index contributed by atoms with van der Waals surface area (Å²) >= 11 is 0. The summed E-state index contributed by atoms with van der Waals surface area (Å²) in [5.74, 6) is 0.540. The topological polar surface area (TPSA) is 93.2 Å². The third-order valence-electron chi connectivity index (χ3n) is 1.89. The molecule has 6 heteroatoms. The van der Waals surface area contributed by atoms with Crippen LogP contribution in [0.15, 0.2) is 24.3 Å². The van der Waals surface area contributed by atoms with Crippen molar-refractivity contribution in [1.29, 1.82) is 5.41 Å². The number of sulfone groups is 1. The van der Waals surface area contributed by atoms with Gasteiger partial charge in [-0.15, -0.1) is 0 Å². The molecule has 1 rings (SSSR count). The number of nitrogen functional groups attached to an aromatic ring is 1. The molecule has 0 aliphatic carbocycles. The van der Waals surface area contributed by atoms with Gasteiger partial charge in [0.1, 0.15) is 18.2 Å². The molecule has 0 saturated carbocycles. The number of amidine groups is 1. The van der Waals surface area contributed by atoms with Gasteiger partial charge in [0.05, 0.1) is 5.75 Å². The Hall–Kier alpha value is -1.56. The largest absolute Gasteiger partial charge is 0.493 e. The van der Waals surface area contributed by atoms with Gasteiger partial charge in [0, 0.05) is 11.8 Å². The summed E-state index contributed by atoms with van der Waals surface area (Å²) in [4.78, 5) is 0. The molecule has 0 unspecified atom stereocenters. The second-order valence-corrected chi connectivity index (χ2v) is 5.68. The molecule has 0 fully saturated rings. The monoisotopic (exact) mass is 242 g/mol. The van der Waals surface area contributed by atoms with Crippen LogP contribution in [0.5, 0.6) is 5.75 Å². The quantitative estimate of drug-likeness (QED) is 0.577. The molecule has 0 atom stereocenters. The van der Waals surface area contributed by atoms with Gasteiger partial charge in [0.25, 0.3) is 0 Å². The highest BCUT2D eigenvalue weighted by molar-refractivity contribution is 7.90. The fourth-order valence-electron chi connectivity index (χ4n) is 1.04. The molecule has 0 bridgehead atoms. The Bertz CT molecular complexity index is 465. The van der Waals surface area contributed by atoms with Crippen molar-refractivity contribution in [1.82, 2.24) is 0 Å². The van der Waals surface area contributed by atoms with E-state index in [1.807, 2.05) is 0 Å². The van der Waals surface area contributed by atoms with E-state index in [0.29, 0.717) is 11.3 Å². The Balaban J connectivity index is 2.53. The zero-order valence-corrected chi connectivity index (χ0v) is 9.75. The first kappa shape index (κ1) is 12.5. The summed E-state index contributed by atoms with van der Waals surface area (Å²) in [6.45, 7) is 0.123. The molecule has 0 aliphatic heterocycles. The molecule has 0 spiro atoms. The lowest BCUT2D eigenvalue weighted by molar-refractivity contribution is 0.341. The van der Waals surface area contributed by atoms with E-state index >= 15 is 0 Å². The third kappa shape index (κ3) is 4.31. The van der Waals surface area contributed by atoms with Crippen LogP contribution in [-0.4, -0.2) is 32.9 Å². The molecule has 1 aromatic carbocycles. The fourth-order valence-corrected chi connectivity index (χ4v) is 1.43. The van der Waals surface area contributed by atoms with Crippen molar-refractivity contribution < 1.29 is 13.2 Å². The van der Waals surface area contributed by atoms with Gasteiger partial charge in [0.2, 0.25) is 0 Å². The van der Waals surface area contributed by atoms with E-state index in [2.05, 4.69) is 0 Å². The molecular formula is C10H14N2O3S. The van der Waals surface area contributed by atoms with Crippen molar-refractivity contribution in [3.05, 3.63) is 29.8 Å². The lowest BCUT2D eigenvalue weighted by Crippen LogP contribution is -2.13. The van der Waals surface area contributed by atoms with Crippen LogP contribution in [0.3, 0.4) is 0 Å². The minimum Gasteiger partial charge on any atom is -0.493 e. The smallest absolute Gasteiger partial charge is 0.150 e. The Morgan fingerprint density at radius 3 is 2.38 bits per heavy atom. The highest BCUT2D eigenvalue weighted by atomic mass is 32.2. The Morgan fingerprint density at radius 2 is 1.94 bits per heavy atom. The fraction of sp³-hybridized carbons (Fsp3) is 0.300. The molecule has 0 radical (unpaired) electrons. The molecule has 88 valence electrons. The summed E-state index contributed by atoms with van der Waals surface area (Å²) in [7, 11) is -2.99. The first-order valence-electron chi connectivity index (χ1n) is 4.63. The first-order valence-corrected chi connectivity index (χ1v) is 6.69. The van der Waals surface area contributed by atoms with Crippen LogP contribution in [0.1, 0.15) is 5.56 Å². The van der Waals surface area contributed by atoms with Gasteiger partial charge < -0.3 is 10.5 Å². The average Bonchev–Trinajstić information content (AvgIpc) is 2.16. The van der Waals surface area contributed by atoms with Crippen molar-refractivity contribution in [2.75, 3.05) is 18.6 Å². The minimum atomic E-state index is -2.99. The Kier molecular flexibility index (Phi) is 3.89. The van der Waals surface area contributed by atoms with Crippen molar-refractivity contribution in [2.24, 2.45) is 5.73 Å². The van der Waals surface area contributed by atoms with Crippen molar-refractivity contribution in [3.8, 4) is 5.75 Å². The third-order valence-corrected chi connectivity index (χ3v) is 2.80. The number of hydrogen-bond donors (Lipinski definition) is 2. The van der Waals surface area contributed by atoms with E-state index in [1.54, 1.807) is 24.3 Å². The summed E-state index contributed by atoms with van der Waals surface area (Å²) in [5.41, 5.74) is 5.89. The maximum atomic E-state index is 10.8. The molecule has 0 saturated heterocycles. The number of nitrogens with two attached hydrogens (primary N) is 1. The zero-order valence-electron chi connectivity index (χ0n) is 8.93. The van der Waals surface area contributed by atoms with E-state index in [4.69, 9.17) is 15.9 Å². The first-order chi connectivity index (χ1) is 7.38. The maximum Gasteiger partial charge on any atom is 0.150 e. The number of hydrogen-bond acceptors (Lipinski definition) is 4. The molecule has 0 aromatic heterocycles. The van der Waals surface area contributed by atoms with E-state index < -0.39 is 9.84 Å². The van der Waals surface area contributed by atoms with E-state index in [1.165, 1.54) is 0 Å². The Morgan fingerprint density at radius 1 is 1.38 bits per heavy atom. The SMILES string of the molecule is CS(=O)(=O)CCOc1ccc(C(=N)N)cc1. The van der Waals surface area contributed by atoms with Crippen LogP contribution < -0.4 is 10.5 Å². The predicted octanol–water partition coefficient (Wildman–Crippen LogP) is 0.394. The van der Waals surface area contributed by atoms with Crippen LogP contribution in [0.2, 0.25) is 0 Å². The molecule has 0 aliphatic rings. The molecule has 16 heavy (non-hydrogen) atoms. The van der Waals surface area contributed by atoms with Crippen LogP contribution in [-0.2, 0) is 9.84 Å². The van der Waals surface area contributed by atoms with E-state index in [-0.39, 0.29) is 18.2 Å². The van der Waals surface area contributed by atoms with Crippen LogP contribution in [0, 0.1) is 5.41 Å². The zero-order chi connectivity index (χ0) is 12.2. The molecule has 0 heterocycles. The average molecular weight is 242 g/mol. The van der Waals surface area contributed by atoms with Gasteiger partial charge in [-0.2, -0.15) is 0 Å². The van der Waals surface area contributed by atoms with Gasteiger partial charge in [0.15, 0.2) is 9.84 Å². The number of ether oxygens (including phenoxy) is 1. The van der Waals surface area contributed by atoms with Crippen molar-refractivity contribution in [2.45, 2.75) is 0 Å². The molecule has 1 aromatic rings. The second kappa shape index (κ2) is 4.98. The van der Waals surface area contributed by atoms with Crippen molar-refractivity contribution in [3.63, 3.8) is 0 Å². The number of nitrogens with one attached hydrogen (secondary N) is 1. The summed E-state index contributed by atoms with van der Waals surface area (Å²) < 4.78 is 26.9. The second-order valence-electron chi connectivity index (χ2n) is 3.42. The van der Waals surface area contributed by atoms with Gasteiger partial charge >= 0.3 is 0 Å². The van der Waals surface area contributed by atoms with Crippen LogP contribution in [0.25, 0.3) is 0 Å². The lowest BCUT2D eigenvalue weighted by Gasteiger charge is -2.05. The summed E-state index contributed by atoms with van der Waals surface area (Å²) in [6.07, 6.45) is 1.16. The number of benzene rings is 1. The van der Waals surface area contributed by atoms with Crippen molar-refractivity contribution >= 4 is 15.7 Å². The highest BCUT2D eigenvalue weighted by Crippen LogP contribution is 2.11. The maximum absolute atomic E-state index is 10.8. The minimum absolute atomic E-state index is 0.0114. The molecule has 3 N–H and O–H groups in total. The van der Waals surface area contributed by atoms with Crippen LogP contribution in [0.4, 0.5) is 0 Å². The summed E-state index contributed by atoms with van der Waals surface area (Å²) in [6, 6.07) is 6.61. The normalized spacial score (nSPS) is 11.1. The Labute approximate surface area is 94.7 Å². The predicted molar refractivity (Wildman–Crippen MR) is 62.7 cm³/mol. The van der Waals surface area contributed by atoms with Crippen LogP contribution >= 0.6 is 0 Å². The molecule has 0 amide bonds. The summed E-state index contributed by atoms with van der Waals surface area (Å²) in [5, 5.41) is 7.18. The standard InChI is InChI=1S/C10H14N2O3S/c1-16(13,14)7-6-15-9-4-2-8(3-5-9)10(11)12/h2-5H,6-7H2,1H3,(H3,11,12). The molecular weight excluding hydrogens is 228 g/mol. The van der Waals surface area contributed by atoms with E-state index in [0.717, 1.165) is 6.26 Å². The molecule has 5 nitrogen and oxygen atoms in total. The lowest BCUT2D eigenvalue weighted by atomic mass is 10.2. The van der Waals surface area contributed by atoms with Gasteiger partial charge in [-0.3, -0.25) is 5.41 Å². The highest BCUT2D eigenvalue weighted by Gasteiger charge is 2.02. The number of rotatable bonds is 5. The van der Waals surface area contributed by atoms with Gasteiger partial charge in [-0.1, -0.05) is 0 Å².